The Hall–Kier alpha value is -3.63. The van der Waals surface area contributed by atoms with Crippen molar-refractivity contribution in [2.24, 2.45) is 0 Å². The van der Waals surface area contributed by atoms with E-state index in [-0.39, 0.29) is 36.6 Å². The Bertz CT molecular complexity index is 1150. The zero-order valence-electron chi connectivity index (χ0n) is 18.1. The average molecular weight is 478 g/mol. The number of rotatable bonds is 5. The summed E-state index contributed by atoms with van der Waals surface area (Å²) in [6, 6.07) is 4.92. The average Bonchev–Trinajstić information content (AvgIpc) is 3.10. The SMILES string of the molecule is CN1OC(COCC(F)F)Cn2nc3c(c2C1=O)CN(C(=O)Nc1ccc(F)c(C#N)c1)CC3. The number of ether oxygens (including phenoxy) is 1. The molecule has 34 heavy (non-hydrogen) atoms. The Morgan fingerprint density at radius 2 is 2.24 bits per heavy atom. The fourth-order valence-corrected chi connectivity index (χ4v) is 3.88. The second kappa shape index (κ2) is 9.70. The van der Waals surface area contributed by atoms with Gasteiger partial charge in [-0.25, -0.2) is 23.0 Å². The van der Waals surface area contributed by atoms with Crippen LogP contribution in [0.3, 0.4) is 0 Å². The molecule has 2 aliphatic rings. The minimum atomic E-state index is -2.61. The smallest absolute Gasteiger partial charge is 0.322 e. The summed E-state index contributed by atoms with van der Waals surface area (Å²) in [5.41, 5.74) is 1.54. The van der Waals surface area contributed by atoms with Crippen molar-refractivity contribution in [2.75, 3.05) is 32.1 Å². The van der Waals surface area contributed by atoms with E-state index in [9.17, 15) is 22.8 Å². The number of nitrogens with one attached hydrogen (secondary N) is 1. The van der Waals surface area contributed by atoms with Crippen LogP contribution in [0.1, 0.15) is 27.3 Å². The van der Waals surface area contributed by atoms with Crippen LogP contribution in [-0.4, -0.2) is 71.0 Å². The molecular weight excluding hydrogens is 457 g/mol. The van der Waals surface area contributed by atoms with E-state index < -0.39 is 36.9 Å². The lowest BCUT2D eigenvalue weighted by atomic mass is 10.1. The quantitative estimate of drug-likeness (QED) is 0.705. The van der Waals surface area contributed by atoms with Gasteiger partial charge < -0.3 is 15.0 Å². The molecule has 1 N–H and O–H groups in total. The third kappa shape index (κ3) is 4.82. The molecule has 2 aliphatic heterocycles. The number of carbonyl (C=O) groups is 2. The Labute approximate surface area is 192 Å². The molecule has 3 amide bonds. The van der Waals surface area contributed by atoms with E-state index in [0.29, 0.717) is 24.2 Å². The van der Waals surface area contributed by atoms with E-state index in [1.54, 1.807) is 6.07 Å². The van der Waals surface area contributed by atoms with Gasteiger partial charge in [0, 0.05) is 31.3 Å². The van der Waals surface area contributed by atoms with E-state index in [1.807, 2.05) is 0 Å². The van der Waals surface area contributed by atoms with Crippen LogP contribution in [0.25, 0.3) is 0 Å². The molecule has 0 saturated carbocycles. The third-order valence-corrected chi connectivity index (χ3v) is 5.45. The van der Waals surface area contributed by atoms with Gasteiger partial charge in [-0.2, -0.15) is 10.4 Å². The molecule has 13 heteroatoms. The van der Waals surface area contributed by atoms with E-state index >= 15 is 0 Å². The summed E-state index contributed by atoms with van der Waals surface area (Å²) in [5, 5.41) is 17.1. The van der Waals surface area contributed by atoms with Crippen molar-refractivity contribution >= 4 is 17.6 Å². The number of amides is 3. The first kappa shape index (κ1) is 23.5. The number of carbonyl (C=O) groups excluding carboxylic acids is 2. The zero-order chi connectivity index (χ0) is 24.4. The molecule has 4 rings (SSSR count). The maximum Gasteiger partial charge on any atom is 0.322 e. The van der Waals surface area contributed by atoms with Crippen molar-refractivity contribution in [1.29, 1.82) is 5.26 Å². The molecule has 0 saturated heterocycles. The third-order valence-electron chi connectivity index (χ3n) is 5.45. The summed E-state index contributed by atoms with van der Waals surface area (Å²) in [5.74, 6) is -1.17. The predicted molar refractivity (Wildman–Crippen MR) is 110 cm³/mol. The molecule has 180 valence electrons. The molecule has 2 aromatic rings. The van der Waals surface area contributed by atoms with Crippen molar-refractivity contribution in [3.8, 4) is 6.07 Å². The van der Waals surface area contributed by atoms with E-state index in [1.165, 1.54) is 28.8 Å². The van der Waals surface area contributed by atoms with Crippen molar-refractivity contribution in [2.45, 2.75) is 32.0 Å². The standard InChI is InChI=1S/C21H21F3N6O4/c1-28-20(31)19-15-9-29(21(32)26-13-2-3-16(22)12(6-13)7-25)5-4-17(15)27-30(19)8-14(34-28)10-33-11-18(23)24/h2-3,6,14,18H,4-5,8-11H2,1H3,(H,26,32). The molecule has 0 aliphatic carbocycles. The van der Waals surface area contributed by atoms with Gasteiger partial charge in [-0.3, -0.25) is 14.3 Å². The Morgan fingerprint density at radius 3 is 2.97 bits per heavy atom. The van der Waals surface area contributed by atoms with Crippen LogP contribution in [0.2, 0.25) is 0 Å². The van der Waals surface area contributed by atoms with Gasteiger partial charge in [-0.15, -0.1) is 0 Å². The molecule has 0 fully saturated rings. The lowest BCUT2D eigenvalue weighted by Crippen LogP contribution is -2.39. The first-order valence-electron chi connectivity index (χ1n) is 10.4. The number of hydrogen-bond donors (Lipinski definition) is 1. The van der Waals surface area contributed by atoms with Crippen LogP contribution >= 0.6 is 0 Å². The van der Waals surface area contributed by atoms with E-state index in [4.69, 9.17) is 14.8 Å². The fraction of sp³-hybridized carbons (Fsp3) is 0.429. The number of fused-ring (bicyclic) bond motifs is 3. The zero-order valence-corrected chi connectivity index (χ0v) is 18.1. The molecule has 1 atom stereocenters. The van der Waals surface area contributed by atoms with Gasteiger partial charge in [0.25, 0.3) is 12.3 Å². The second-order valence-electron chi connectivity index (χ2n) is 7.82. The van der Waals surface area contributed by atoms with Crippen LogP contribution < -0.4 is 5.32 Å². The number of benzene rings is 1. The molecule has 1 unspecified atom stereocenters. The lowest BCUT2D eigenvalue weighted by molar-refractivity contribution is -0.169. The molecule has 0 bridgehead atoms. The number of aromatic nitrogens is 2. The van der Waals surface area contributed by atoms with Crippen molar-refractivity contribution in [3.63, 3.8) is 0 Å². The van der Waals surface area contributed by atoms with Crippen LogP contribution in [0.5, 0.6) is 0 Å². The number of urea groups is 1. The van der Waals surface area contributed by atoms with Gasteiger partial charge in [0.2, 0.25) is 0 Å². The van der Waals surface area contributed by atoms with Gasteiger partial charge in [-0.05, 0) is 18.2 Å². The molecule has 3 heterocycles. The first-order chi connectivity index (χ1) is 16.3. The molecule has 1 aromatic heterocycles. The largest absolute Gasteiger partial charge is 0.373 e. The molecular formula is C21H21F3N6O4. The first-order valence-corrected chi connectivity index (χ1v) is 10.4. The van der Waals surface area contributed by atoms with Crippen LogP contribution in [0, 0.1) is 17.1 Å². The summed E-state index contributed by atoms with van der Waals surface area (Å²) in [7, 11) is 1.41. The van der Waals surface area contributed by atoms with Gasteiger partial charge >= 0.3 is 6.03 Å². The maximum absolute atomic E-state index is 13.5. The highest BCUT2D eigenvalue weighted by Gasteiger charge is 2.35. The molecule has 0 spiro atoms. The number of halogens is 3. The Balaban J connectivity index is 1.50. The molecule has 1 aromatic carbocycles. The number of hydrogen-bond acceptors (Lipinski definition) is 6. The van der Waals surface area contributed by atoms with Gasteiger partial charge in [0.05, 0.1) is 31.0 Å². The number of alkyl halides is 2. The van der Waals surface area contributed by atoms with Crippen molar-refractivity contribution < 1.29 is 32.3 Å². The van der Waals surface area contributed by atoms with Crippen LogP contribution in [0.4, 0.5) is 23.7 Å². The fourth-order valence-electron chi connectivity index (χ4n) is 3.88. The lowest BCUT2D eigenvalue weighted by Gasteiger charge is -2.27. The van der Waals surface area contributed by atoms with Gasteiger partial charge in [0.15, 0.2) is 0 Å². The predicted octanol–water partition coefficient (Wildman–Crippen LogP) is 2.15. The minimum absolute atomic E-state index is 0.0922. The van der Waals surface area contributed by atoms with E-state index in [0.717, 1.165) is 11.1 Å². The van der Waals surface area contributed by atoms with Gasteiger partial charge in [-0.1, -0.05) is 0 Å². The van der Waals surface area contributed by atoms with E-state index in [2.05, 4.69) is 10.4 Å². The molecule has 10 nitrogen and oxygen atoms in total. The Morgan fingerprint density at radius 1 is 1.44 bits per heavy atom. The summed E-state index contributed by atoms with van der Waals surface area (Å²) >= 11 is 0. The Kier molecular flexibility index (Phi) is 6.71. The minimum Gasteiger partial charge on any atom is -0.373 e. The second-order valence-corrected chi connectivity index (χ2v) is 7.82. The molecule has 0 radical (unpaired) electrons. The van der Waals surface area contributed by atoms with Crippen LogP contribution in [0.15, 0.2) is 18.2 Å². The van der Waals surface area contributed by atoms with Crippen molar-refractivity contribution in [1.82, 2.24) is 19.7 Å². The maximum atomic E-state index is 13.5. The summed E-state index contributed by atoms with van der Waals surface area (Å²) < 4.78 is 44.7. The number of nitrogens with zero attached hydrogens (tertiary/aromatic N) is 5. The summed E-state index contributed by atoms with van der Waals surface area (Å²) in [4.78, 5) is 32.8. The summed E-state index contributed by atoms with van der Waals surface area (Å²) in [6.07, 6.45) is -2.93. The topological polar surface area (TPSA) is 113 Å². The van der Waals surface area contributed by atoms with Crippen molar-refractivity contribution in [3.05, 3.63) is 46.5 Å². The summed E-state index contributed by atoms with van der Waals surface area (Å²) in [6.45, 7) is -0.366. The number of nitriles is 1. The van der Waals surface area contributed by atoms with Crippen LogP contribution in [-0.2, 0) is 29.1 Å². The highest BCUT2D eigenvalue weighted by atomic mass is 19.3. The normalized spacial score (nSPS) is 17.8. The van der Waals surface area contributed by atoms with Gasteiger partial charge in [0.1, 0.15) is 30.3 Å². The monoisotopic (exact) mass is 478 g/mol. The number of hydroxylamine groups is 2. The number of anilines is 1. The highest BCUT2D eigenvalue weighted by molar-refractivity contribution is 5.94. The highest BCUT2D eigenvalue weighted by Crippen LogP contribution is 2.27.